The first kappa shape index (κ1) is 14.2. The monoisotopic (exact) mass is 284 g/mol. The predicted octanol–water partition coefficient (Wildman–Crippen LogP) is 2.97. The van der Waals surface area contributed by atoms with E-state index >= 15 is 0 Å². The maximum atomic E-state index is 13.7. The molecule has 0 aromatic heterocycles. The summed E-state index contributed by atoms with van der Waals surface area (Å²) < 4.78 is 13.7. The summed E-state index contributed by atoms with van der Waals surface area (Å²) in [4.78, 5) is 21.7. The molecule has 0 heterocycles. The summed E-state index contributed by atoms with van der Waals surface area (Å²) in [6.07, 6.45) is 5.24. The molecule has 0 spiro atoms. The van der Waals surface area contributed by atoms with Gasteiger partial charge in [-0.3, -0.25) is 14.9 Å². The number of carbonyl (C=O) groups excluding carboxylic acids is 1. The van der Waals surface area contributed by atoms with Crippen molar-refractivity contribution in [3.8, 4) is 12.3 Å². The predicted molar refractivity (Wildman–Crippen MR) is 75.4 cm³/mol. The van der Waals surface area contributed by atoms with Gasteiger partial charge in [0.05, 0.1) is 16.6 Å². The molecule has 0 aliphatic rings. The standard InChI is InChI=1S/C15H9FN2O3/c1-2-10-4-3-5-11(8-10)17-15(19)13-7-6-12(18(20)21)9-14(13)16/h1,3-9H,(H,17,19). The van der Waals surface area contributed by atoms with Crippen LogP contribution in [-0.2, 0) is 0 Å². The molecular weight excluding hydrogens is 275 g/mol. The molecule has 2 rings (SSSR count). The van der Waals surface area contributed by atoms with Crippen molar-refractivity contribution in [2.45, 2.75) is 0 Å². The Morgan fingerprint density at radius 1 is 1.29 bits per heavy atom. The third-order valence-corrected chi connectivity index (χ3v) is 2.70. The number of hydrogen-bond donors (Lipinski definition) is 1. The lowest BCUT2D eigenvalue weighted by Gasteiger charge is -2.06. The molecule has 0 saturated heterocycles. The van der Waals surface area contributed by atoms with Crippen LogP contribution < -0.4 is 5.32 Å². The normalized spacial score (nSPS) is 9.71. The van der Waals surface area contributed by atoms with E-state index in [9.17, 15) is 19.3 Å². The number of rotatable bonds is 3. The summed E-state index contributed by atoms with van der Waals surface area (Å²) >= 11 is 0. The molecule has 0 atom stereocenters. The minimum absolute atomic E-state index is 0.285. The zero-order valence-electron chi connectivity index (χ0n) is 10.7. The molecule has 0 aliphatic carbocycles. The Morgan fingerprint density at radius 2 is 2.05 bits per heavy atom. The fourth-order valence-corrected chi connectivity index (χ4v) is 1.69. The van der Waals surface area contributed by atoms with Crippen molar-refractivity contribution in [3.63, 3.8) is 0 Å². The molecule has 21 heavy (non-hydrogen) atoms. The third kappa shape index (κ3) is 3.22. The number of halogens is 1. The van der Waals surface area contributed by atoms with E-state index in [0.29, 0.717) is 17.3 Å². The number of nitro groups is 1. The molecule has 2 aromatic rings. The van der Waals surface area contributed by atoms with Crippen molar-refractivity contribution < 1.29 is 14.1 Å². The second-order valence-corrected chi connectivity index (χ2v) is 4.10. The topological polar surface area (TPSA) is 72.2 Å². The molecule has 1 amide bonds. The first-order valence-electron chi connectivity index (χ1n) is 5.83. The zero-order valence-corrected chi connectivity index (χ0v) is 10.7. The molecule has 2 aromatic carbocycles. The average molecular weight is 284 g/mol. The summed E-state index contributed by atoms with van der Waals surface area (Å²) in [5.74, 6) is 0.737. The number of terminal acetylenes is 1. The molecule has 0 bridgehead atoms. The largest absolute Gasteiger partial charge is 0.322 e. The number of amides is 1. The number of hydrogen-bond acceptors (Lipinski definition) is 3. The molecule has 0 fully saturated rings. The van der Waals surface area contributed by atoms with E-state index in [1.807, 2.05) is 0 Å². The minimum atomic E-state index is -0.963. The highest BCUT2D eigenvalue weighted by atomic mass is 19.1. The first-order chi connectivity index (χ1) is 10.0. The highest BCUT2D eigenvalue weighted by Gasteiger charge is 2.16. The van der Waals surface area contributed by atoms with Crippen molar-refractivity contribution in [2.75, 3.05) is 5.32 Å². The van der Waals surface area contributed by atoms with Crippen molar-refractivity contribution >= 4 is 17.3 Å². The third-order valence-electron chi connectivity index (χ3n) is 2.70. The Bertz CT molecular complexity index is 766. The van der Waals surface area contributed by atoms with Gasteiger partial charge in [-0.2, -0.15) is 0 Å². The summed E-state index contributed by atoms with van der Waals surface area (Å²) in [5.41, 5.74) is 0.273. The molecule has 5 nitrogen and oxygen atoms in total. The highest BCUT2D eigenvalue weighted by Crippen LogP contribution is 2.18. The van der Waals surface area contributed by atoms with Gasteiger partial charge < -0.3 is 5.32 Å². The summed E-state index contributed by atoms with van der Waals surface area (Å²) in [6.45, 7) is 0. The van der Waals surface area contributed by atoms with E-state index in [4.69, 9.17) is 6.42 Å². The Morgan fingerprint density at radius 3 is 2.67 bits per heavy atom. The van der Waals surface area contributed by atoms with Crippen LogP contribution in [-0.4, -0.2) is 10.8 Å². The Balaban J connectivity index is 2.24. The van der Waals surface area contributed by atoms with E-state index in [-0.39, 0.29) is 5.56 Å². The van der Waals surface area contributed by atoms with E-state index in [2.05, 4.69) is 11.2 Å². The van der Waals surface area contributed by atoms with Gasteiger partial charge in [0.15, 0.2) is 0 Å². The molecule has 1 N–H and O–H groups in total. The van der Waals surface area contributed by atoms with Gasteiger partial charge in [-0.15, -0.1) is 6.42 Å². The lowest BCUT2D eigenvalue weighted by molar-refractivity contribution is -0.385. The Hall–Kier alpha value is -3.20. The number of benzene rings is 2. The Kier molecular flexibility index (Phi) is 3.95. The van der Waals surface area contributed by atoms with E-state index in [1.54, 1.807) is 24.3 Å². The second-order valence-electron chi connectivity index (χ2n) is 4.10. The number of nitro benzene ring substituents is 1. The van der Waals surface area contributed by atoms with Crippen LogP contribution in [0.1, 0.15) is 15.9 Å². The van der Waals surface area contributed by atoms with Crippen LogP contribution in [0.5, 0.6) is 0 Å². The Labute approximate surface area is 119 Å². The first-order valence-corrected chi connectivity index (χ1v) is 5.83. The average Bonchev–Trinajstić information content (AvgIpc) is 2.47. The molecule has 0 aliphatic heterocycles. The van der Waals surface area contributed by atoms with Crippen LogP contribution in [0.25, 0.3) is 0 Å². The van der Waals surface area contributed by atoms with Gasteiger partial charge in [0, 0.05) is 17.3 Å². The molecule has 104 valence electrons. The van der Waals surface area contributed by atoms with Gasteiger partial charge in [-0.25, -0.2) is 4.39 Å². The van der Waals surface area contributed by atoms with Gasteiger partial charge in [-0.05, 0) is 24.3 Å². The minimum Gasteiger partial charge on any atom is -0.322 e. The van der Waals surface area contributed by atoms with Crippen LogP contribution in [0.3, 0.4) is 0 Å². The van der Waals surface area contributed by atoms with Crippen LogP contribution >= 0.6 is 0 Å². The SMILES string of the molecule is C#Cc1cccc(NC(=O)c2ccc([N+](=O)[O-])cc2F)c1. The van der Waals surface area contributed by atoms with Crippen molar-refractivity contribution in [3.05, 3.63) is 69.5 Å². The van der Waals surface area contributed by atoms with Gasteiger partial charge in [0.2, 0.25) is 0 Å². The smallest absolute Gasteiger partial charge is 0.272 e. The molecule has 0 radical (unpaired) electrons. The van der Waals surface area contributed by atoms with Crippen molar-refractivity contribution in [2.24, 2.45) is 0 Å². The van der Waals surface area contributed by atoms with E-state index in [0.717, 1.165) is 12.1 Å². The summed E-state index contributed by atoms with van der Waals surface area (Å²) in [5, 5.41) is 13.0. The highest BCUT2D eigenvalue weighted by molar-refractivity contribution is 6.04. The summed E-state index contributed by atoms with van der Waals surface area (Å²) in [6, 6.07) is 9.32. The number of carbonyl (C=O) groups is 1. The zero-order chi connectivity index (χ0) is 15.4. The number of anilines is 1. The van der Waals surface area contributed by atoms with Crippen LogP contribution in [0.4, 0.5) is 15.8 Å². The van der Waals surface area contributed by atoms with Gasteiger partial charge in [-0.1, -0.05) is 12.0 Å². The van der Waals surface area contributed by atoms with E-state index < -0.39 is 22.3 Å². The lowest BCUT2D eigenvalue weighted by atomic mass is 10.1. The second kappa shape index (κ2) is 5.84. The van der Waals surface area contributed by atoms with Gasteiger partial charge in [0.1, 0.15) is 5.82 Å². The maximum absolute atomic E-state index is 13.7. The lowest BCUT2D eigenvalue weighted by Crippen LogP contribution is -2.14. The fraction of sp³-hybridized carbons (Fsp3) is 0. The van der Waals surface area contributed by atoms with Crippen molar-refractivity contribution in [1.82, 2.24) is 0 Å². The van der Waals surface area contributed by atoms with Crippen LogP contribution in [0.2, 0.25) is 0 Å². The number of non-ortho nitro benzene ring substituents is 1. The van der Waals surface area contributed by atoms with E-state index in [1.165, 1.54) is 0 Å². The quantitative estimate of drug-likeness (QED) is 0.535. The number of nitrogens with zero attached hydrogens (tertiary/aromatic N) is 1. The van der Waals surface area contributed by atoms with Crippen LogP contribution in [0.15, 0.2) is 42.5 Å². The van der Waals surface area contributed by atoms with Gasteiger partial charge >= 0.3 is 0 Å². The molecule has 0 unspecified atom stereocenters. The number of nitrogens with one attached hydrogen (secondary N) is 1. The summed E-state index contributed by atoms with van der Waals surface area (Å²) in [7, 11) is 0. The fourth-order valence-electron chi connectivity index (χ4n) is 1.69. The van der Waals surface area contributed by atoms with Gasteiger partial charge in [0.25, 0.3) is 11.6 Å². The van der Waals surface area contributed by atoms with Crippen molar-refractivity contribution in [1.29, 1.82) is 0 Å². The molecule has 6 heteroatoms. The maximum Gasteiger partial charge on any atom is 0.272 e. The molecule has 0 saturated carbocycles. The van der Waals surface area contributed by atoms with Crippen LogP contribution in [0, 0.1) is 28.3 Å². The molecular formula is C15H9FN2O3.